The highest BCUT2D eigenvalue weighted by molar-refractivity contribution is 6.01. The molecule has 0 bridgehead atoms. The molecule has 1 saturated carbocycles. The van der Waals surface area contributed by atoms with Crippen molar-refractivity contribution < 1.29 is 33.8 Å². The molecule has 11 nitrogen and oxygen atoms in total. The number of aryl methyl sites for hydroxylation is 1. The number of anilines is 3. The molecule has 0 saturated heterocycles. The van der Waals surface area contributed by atoms with Crippen LogP contribution in [0.1, 0.15) is 24.0 Å². The second kappa shape index (κ2) is 12.7. The molecule has 222 valence electrons. The maximum Gasteiger partial charge on any atom is 0.323 e. The Labute approximate surface area is 248 Å². The third kappa shape index (κ3) is 7.31. The second-order valence-electron chi connectivity index (χ2n) is 10.6. The van der Waals surface area contributed by atoms with Crippen LogP contribution in [-0.4, -0.2) is 41.3 Å². The van der Waals surface area contributed by atoms with E-state index in [9.17, 15) is 24.3 Å². The highest BCUT2D eigenvalue weighted by Crippen LogP contribution is 2.41. The van der Waals surface area contributed by atoms with Crippen LogP contribution in [0.3, 0.4) is 0 Å². The van der Waals surface area contributed by atoms with Gasteiger partial charge in [0, 0.05) is 23.5 Å². The summed E-state index contributed by atoms with van der Waals surface area (Å²) in [4.78, 5) is 50.6. The van der Waals surface area contributed by atoms with E-state index in [4.69, 9.17) is 9.47 Å². The fraction of sp³-hybridized carbons (Fsp3) is 0.250. The number of hydrogen-bond acceptors (Lipinski definition) is 6. The van der Waals surface area contributed by atoms with E-state index in [1.54, 1.807) is 24.3 Å². The van der Waals surface area contributed by atoms with Gasteiger partial charge in [-0.2, -0.15) is 0 Å². The van der Waals surface area contributed by atoms with Gasteiger partial charge < -0.3 is 35.8 Å². The molecule has 1 fully saturated rings. The second-order valence-corrected chi connectivity index (χ2v) is 10.6. The van der Waals surface area contributed by atoms with Crippen LogP contribution in [0.2, 0.25) is 0 Å². The van der Waals surface area contributed by atoms with Crippen molar-refractivity contribution in [1.29, 1.82) is 0 Å². The number of amides is 4. The predicted molar refractivity (Wildman–Crippen MR) is 159 cm³/mol. The summed E-state index contributed by atoms with van der Waals surface area (Å²) in [6.07, 6.45) is 1.37. The number of para-hydroxylation sites is 1. The zero-order chi connectivity index (χ0) is 30.4. The molecule has 3 aromatic rings. The van der Waals surface area contributed by atoms with Gasteiger partial charge in [0.2, 0.25) is 18.6 Å². The normalized spacial score (nSPS) is 18.1. The Morgan fingerprint density at radius 3 is 2.14 bits per heavy atom. The lowest BCUT2D eigenvalue weighted by Crippen LogP contribution is -2.54. The smallest absolute Gasteiger partial charge is 0.323 e. The summed E-state index contributed by atoms with van der Waals surface area (Å²) in [6, 6.07) is 22.8. The molecule has 0 radical (unpaired) electrons. The fourth-order valence-corrected chi connectivity index (χ4v) is 5.05. The largest absolute Gasteiger partial charge is 0.481 e. The number of aliphatic carboxylic acids is 1. The van der Waals surface area contributed by atoms with Gasteiger partial charge >= 0.3 is 12.0 Å². The van der Waals surface area contributed by atoms with Gasteiger partial charge in [-0.1, -0.05) is 48.5 Å². The van der Waals surface area contributed by atoms with Crippen LogP contribution in [0.15, 0.2) is 90.9 Å². The van der Waals surface area contributed by atoms with E-state index >= 15 is 0 Å². The van der Waals surface area contributed by atoms with E-state index in [2.05, 4.69) is 21.3 Å². The molecular formula is C32H32N4O7. The predicted octanol–water partition coefficient (Wildman–Crippen LogP) is 4.63. The van der Waals surface area contributed by atoms with Crippen LogP contribution >= 0.6 is 0 Å². The minimum Gasteiger partial charge on any atom is -0.481 e. The maximum atomic E-state index is 13.4. The Kier molecular flexibility index (Phi) is 8.61. The number of ether oxygens (including phenoxy) is 2. The minimum absolute atomic E-state index is 0.0818. The van der Waals surface area contributed by atoms with Crippen molar-refractivity contribution in [3.05, 3.63) is 102 Å². The third-order valence-electron chi connectivity index (χ3n) is 7.38. The van der Waals surface area contributed by atoms with E-state index in [1.807, 2.05) is 61.5 Å². The van der Waals surface area contributed by atoms with Gasteiger partial charge in [-0.05, 0) is 54.8 Å². The number of carboxylic acids is 1. The van der Waals surface area contributed by atoms with Crippen molar-refractivity contribution in [2.24, 2.45) is 11.8 Å². The molecule has 3 unspecified atom stereocenters. The van der Waals surface area contributed by atoms with Crippen LogP contribution in [0, 0.1) is 18.8 Å². The number of hydrogen-bond donors (Lipinski definition) is 5. The standard InChI is InChI=1S/C32H32N4O7/c1-20-7-5-6-10-26(20)35-31(41)34-23-13-11-22(12-14-23)33-29(39)24-15-25(24)30(40)36-32(17-28(37)38,27-18-42-19-43-27)16-21-8-3-2-4-9-21/h2-14,18,24-25H,15-17,19H2,1H3,(H,33,39)(H,36,40)(H,37,38)(H2,34,35,41). The molecule has 0 aromatic heterocycles. The lowest BCUT2D eigenvalue weighted by Gasteiger charge is -2.33. The topological polar surface area (TPSA) is 155 Å². The summed E-state index contributed by atoms with van der Waals surface area (Å²) in [7, 11) is 0. The first-order valence-corrected chi connectivity index (χ1v) is 13.8. The summed E-state index contributed by atoms with van der Waals surface area (Å²) in [6.45, 7) is 1.82. The zero-order valence-electron chi connectivity index (χ0n) is 23.5. The Balaban J connectivity index is 1.19. The molecule has 1 aliphatic carbocycles. The molecule has 1 aliphatic heterocycles. The van der Waals surface area contributed by atoms with Crippen molar-refractivity contribution in [3.8, 4) is 0 Å². The van der Waals surface area contributed by atoms with Crippen LogP contribution in [0.4, 0.5) is 21.9 Å². The van der Waals surface area contributed by atoms with Gasteiger partial charge in [0.15, 0.2) is 5.76 Å². The summed E-state index contributed by atoms with van der Waals surface area (Å²) in [5.41, 5.74) is 2.09. The van der Waals surface area contributed by atoms with Gasteiger partial charge in [0.05, 0.1) is 18.3 Å². The van der Waals surface area contributed by atoms with Crippen molar-refractivity contribution >= 4 is 40.9 Å². The molecule has 5 rings (SSSR count). The van der Waals surface area contributed by atoms with E-state index < -0.39 is 41.7 Å². The Morgan fingerprint density at radius 1 is 0.837 bits per heavy atom. The summed E-state index contributed by atoms with van der Waals surface area (Å²) in [5, 5.41) is 21.0. The third-order valence-corrected chi connectivity index (χ3v) is 7.38. The molecule has 4 amide bonds. The monoisotopic (exact) mass is 584 g/mol. The first-order chi connectivity index (χ1) is 20.7. The Hall–Kier alpha value is -5.32. The summed E-state index contributed by atoms with van der Waals surface area (Å²) in [5.74, 6) is -2.87. The molecule has 43 heavy (non-hydrogen) atoms. The number of benzene rings is 3. The van der Waals surface area contributed by atoms with E-state index in [0.29, 0.717) is 23.5 Å². The number of nitrogens with one attached hydrogen (secondary N) is 4. The number of carbonyl (C=O) groups excluding carboxylic acids is 3. The number of carbonyl (C=O) groups is 4. The van der Waals surface area contributed by atoms with Crippen molar-refractivity contribution in [2.45, 2.75) is 31.7 Å². The van der Waals surface area contributed by atoms with Gasteiger partial charge in [0.1, 0.15) is 11.8 Å². The summed E-state index contributed by atoms with van der Waals surface area (Å²) >= 11 is 0. The van der Waals surface area contributed by atoms with Crippen molar-refractivity contribution in [2.75, 3.05) is 22.7 Å². The van der Waals surface area contributed by atoms with Crippen molar-refractivity contribution in [3.63, 3.8) is 0 Å². The van der Waals surface area contributed by atoms with Crippen molar-refractivity contribution in [1.82, 2.24) is 5.32 Å². The molecule has 11 heteroatoms. The molecule has 2 aliphatic rings. The molecule has 5 N–H and O–H groups in total. The van der Waals surface area contributed by atoms with Gasteiger partial charge in [-0.3, -0.25) is 14.4 Å². The molecular weight excluding hydrogens is 552 g/mol. The lowest BCUT2D eigenvalue weighted by molar-refractivity contribution is -0.139. The maximum absolute atomic E-state index is 13.4. The van der Waals surface area contributed by atoms with Crippen LogP contribution in [0.5, 0.6) is 0 Å². The molecule has 3 aromatic carbocycles. The molecule has 1 heterocycles. The molecule has 0 spiro atoms. The summed E-state index contributed by atoms with van der Waals surface area (Å²) < 4.78 is 10.8. The number of urea groups is 1. The quantitative estimate of drug-likeness (QED) is 0.220. The van der Waals surface area contributed by atoms with Crippen LogP contribution in [-0.2, 0) is 30.3 Å². The lowest BCUT2D eigenvalue weighted by atomic mass is 9.85. The molecule has 3 atom stereocenters. The first-order valence-electron chi connectivity index (χ1n) is 13.8. The highest BCUT2D eigenvalue weighted by atomic mass is 16.7. The fourth-order valence-electron chi connectivity index (χ4n) is 5.05. The SMILES string of the molecule is Cc1ccccc1NC(=O)Nc1ccc(NC(=O)C2CC2C(=O)NC(CC(=O)O)(Cc2ccccc2)C2=COCO2)cc1. The average Bonchev–Trinajstić information content (AvgIpc) is 3.59. The van der Waals surface area contributed by atoms with E-state index in [-0.39, 0.29) is 24.9 Å². The highest BCUT2D eigenvalue weighted by Gasteiger charge is 2.51. The van der Waals surface area contributed by atoms with Gasteiger partial charge in [0.25, 0.3) is 0 Å². The average molecular weight is 585 g/mol. The van der Waals surface area contributed by atoms with Gasteiger partial charge in [-0.15, -0.1) is 0 Å². The Morgan fingerprint density at radius 2 is 1.49 bits per heavy atom. The van der Waals surface area contributed by atoms with Crippen LogP contribution < -0.4 is 21.3 Å². The Bertz CT molecular complexity index is 1540. The number of carboxylic acid groups (broad SMARTS) is 1. The number of rotatable bonds is 11. The van der Waals surface area contributed by atoms with E-state index in [0.717, 1.165) is 11.1 Å². The van der Waals surface area contributed by atoms with Crippen LogP contribution in [0.25, 0.3) is 0 Å². The minimum atomic E-state index is -1.39. The van der Waals surface area contributed by atoms with E-state index in [1.165, 1.54) is 6.26 Å². The van der Waals surface area contributed by atoms with Gasteiger partial charge in [-0.25, -0.2) is 4.79 Å². The zero-order valence-corrected chi connectivity index (χ0v) is 23.5. The first kappa shape index (κ1) is 29.2.